The summed E-state index contributed by atoms with van der Waals surface area (Å²) < 4.78 is 11.6. The van der Waals surface area contributed by atoms with Crippen molar-refractivity contribution in [3.8, 4) is 30.0 Å². The summed E-state index contributed by atoms with van der Waals surface area (Å²) in [6, 6.07) is 17.4. The van der Waals surface area contributed by atoms with Gasteiger partial charge in [-0.1, -0.05) is 23.9 Å². The van der Waals surface area contributed by atoms with Crippen molar-refractivity contribution in [3.05, 3.63) is 65.9 Å². The van der Waals surface area contributed by atoms with E-state index in [1.165, 1.54) is 11.8 Å². The molecule has 7 nitrogen and oxygen atoms in total. The van der Waals surface area contributed by atoms with Crippen LogP contribution in [0.5, 0.6) is 11.6 Å². The van der Waals surface area contributed by atoms with Crippen molar-refractivity contribution in [3.63, 3.8) is 0 Å². The van der Waals surface area contributed by atoms with Gasteiger partial charge in [0.1, 0.15) is 12.4 Å². The van der Waals surface area contributed by atoms with Gasteiger partial charge in [-0.25, -0.2) is 4.98 Å². The molecule has 2 heterocycles. The fourth-order valence-corrected chi connectivity index (χ4v) is 4.87. The largest absolute Gasteiger partial charge is 0.497 e. The molecule has 1 aromatic heterocycles. The highest BCUT2D eigenvalue weighted by atomic mass is 32.2. The Bertz CT molecular complexity index is 1240. The molecule has 3 aromatic rings. The number of aromatic nitrogens is 2. The number of methoxy groups -OCH3 is 1. The van der Waals surface area contributed by atoms with Gasteiger partial charge in [0.15, 0.2) is 0 Å². The lowest BCUT2D eigenvalue weighted by atomic mass is 10.2. The Morgan fingerprint density at radius 1 is 1.08 bits per heavy atom. The van der Waals surface area contributed by atoms with Gasteiger partial charge in [0.25, 0.3) is 0 Å². The summed E-state index contributed by atoms with van der Waals surface area (Å²) in [5.74, 6) is 4.72. The zero-order valence-electron chi connectivity index (χ0n) is 21.1. The first-order valence-corrected chi connectivity index (χ1v) is 13.2. The molecule has 0 spiro atoms. The van der Waals surface area contributed by atoms with Crippen molar-refractivity contribution >= 4 is 17.7 Å². The number of nitriles is 1. The molecule has 0 unspecified atom stereocenters. The maximum Gasteiger partial charge on any atom is 0.232 e. The molecule has 4 rings (SSSR count). The van der Waals surface area contributed by atoms with Gasteiger partial charge < -0.3 is 14.4 Å². The first-order chi connectivity index (χ1) is 18.2. The number of benzene rings is 2. The molecule has 0 amide bonds. The maximum absolute atomic E-state index is 9.09. The third-order valence-corrected chi connectivity index (χ3v) is 7.14. The minimum atomic E-state index is 0.361. The number of nitrogens with zero attached hydrogens (tertiary/aromatic N) is 5. The van der Waals surface area contributed by atoms with Crippen LogP contribution in [0.4, 0.5) is 5.95 Å². The van der Waals surface area contributed by atoms with E-state index in [-0.39, 0.29) is 0 Å². The number of rotatable bonds is 11. The monoisotopic (exact) mass is 513 g/mol. The third kappa shape index (κ3) is 7.63. The van der Waals surface area contributed by atoms with Crippen LogP contribution in [0.25, 0.3) is 0 Å². The number of hydrogen-bond acceptors (Lipinski definition) is 8. The van der Waals surface area contributed by atoms with Crippen molar-refractivity contribution in [1.29, 1.82) is 5.26 Å². The molecule has 1 fully saturated rings. The highest BCUT2D eigenvalue weighted by Crippen LogP contribution is 2.35. The number of anilines is 1. The van der Waals surface area contributed by atoms with Crippen LogP contribution in [-0.2, 0) is 6.61 Å². The summed E-state index contributed by atoms with van der Waals surface area (Å²) in [6.45, 7) is 5.12. The van der Waals surface area contributed by atoms with Crippen LogP contribution in [0.1, 0.15) is 30.4 Å². The highest BCUT2D eigenvalue weighted by molar-refractivity contribution is 7.99. The second-order valence-corrected chi connectivity index (χ2v) is 9.82. The zero-order valence-corrected chi connectivity index (χ0v) is 21.9. The van der Waals surface area contributed by atoms with Gasteiger partial charge in [-0.3, -0.25) is 4.90 Å². The van der Waals surface area contributed by atoms with E-state index in [2.05, 4.69) is 26.8 Å². The van der Waals surface area contributed by atoms with Crippen molar-refractivity contribution in [2.24, 2.45) is 0 Å². The summed E-state index contributed by atoms with van der Waals surface area (Å²) >= 11 is 1.52. The molecule has 1 aliphatic heterocycles. The van der Waals surface area contributed by atoms with Crippen LogP contribution in [0.15, 0.2) is 64.5 Å². The minimum Gasteiger partial charge on any atom is -0.497 e. The van der Waals surface area contributed by atoms with Crippen LogP contribution in [0.2, 0.25) is 0 Å². The van der Waals surface area contributed by atoms with Gasteiger partial charge in [0.05, 0.1) is 29.8 Å². The van der Waals surface area contributed by atoms with E-state index in [0.717, 1.165) is 73.1 Å². The SMILES string of the molecule is C#CCCCCN1CCN(c2ncc(Sc3ccc(C#N)cc3)c(OCc3cccc(OC)c3)n2)CC1. The lowest BCUT2D eigenvalue weighted by Gasteiger charge is -2.34. The van der Waals surface area contributed by atoms with Gasteiger partial charge in [-0.05, 0) is 61.3 Å². The predicted octanol–water partition coefficient (Wildman–Crippen LogP) is 5.01. The lowest BCUT2D eigenvalue weighted by molar-refractivity contribution is 0.251. The predicted molar refractivity (Wildman–Crippen MR) is 146 cm³/mol. The number of unbranched alkanes of at least 4 members (excludes halogenated alkanes) is 2. The number of terminal acetylenes is 1. The van der Waals surface area contributed by atoms with E-state index in [4.69, 9.17) is 26.1 Å². The van der Waals surface area contributed by atoms with Crippen molar-refractivity contribution in [2.75, 3.05) is 44.7 Å². The van der Waals surface area contributed by atoms with Gasteiger partial charge in [-0.2, -0.15) is 10.2 Å². The fourth-order valence-electron chi connectivity index (χ4n) is 4.04. The summed E-state index contributed by atoms with van der Waals surface area (Å²) in [5.41, 5.74) is 1.62. The van der Waals surface area contributed by atoms with Crippen LogP contribution < -0.4 is 14.4 Å². The molecule has 0 bridgehead atoms. The number of hydrogen-bond donors (Lipinski definition) is 0. The van der Waals surface area contributed by atoms with Crippen molar-refractivity contribution < 1.29 is 9.47 Å². The van der Waals surface area contributed by atoms with Crippen molar-refractivity contribution in [1.82, 2.24) is 14.9 Å². The normalized spacial score (nSPS) is 13.5. The van der Waals surface area contributed by atoms with E-state index in [1.54, 1.807) is 19.2 Å². The van der Waals surface area contributed by atoms with Crippen molar-refractivity contribution in [2.45, 2.75) is 35.7 Å². The van der Waals surface area contributed by atoms with Gasteiger partial charge >= 0.3 is 0 Å². The molecule has 0 atom stereocenters. The third-order valence-electron chi connectivity index (χ3n) is 6.13. The molecule has 1 aliphatic rings. The average molecular weight is 514 g/mol. The van der Waals surface area contributed by atoms with Crippen LogP contribution in [0, 0.1) is 23.7 Å². The number of ether oxygens (including phenoxy) is 2. The molecular formula is C29H31N5O2S. The summed E-state index contributed by atoms with van der Waals surface area (Å²) in [7, 11) is 1.65. The molecule has 0 radical (unpaired) electrons. The Balaban J connectivity index is 1.47. The topological polar surface area (TPSA) is 74.5 Å². The average Bonchev–Trinajstić information content (AvgIpc) is 2.95. The molecule has 0 aliphatic carbocycles. The molecular weight excluding hydrogens is 482 g/mol. The summed E-state index contributed by atoms with van der Waals surface area (Å²) in [6.07, 6.45) is 10.2. The Labute approximate surface area is 223 Å². The first-order valence-electron chi connectivity index (χ1n) is 12.4. The van der Waals surface area contributed by atoms with Crippen LogP contribution >= 0.6 is 11.8 Å². The van der Waals surface area contributed by atoms with E-state index >= 15 is 0 Å². The van der Waals surface area contributed by atoms with E-state index in [1.807, 2.05) is 42.6 Å². The van der Waals surface area contributed by atoms with Gasteiger partial charge in [0, 0.05) is 37.5 Å². The van der Waals surface area contributed by atoms with Crippen LogP contribution in [0.3, 0.4) is 0 Å². The van der Waals surface area contributed by atoms with Gasteiger partial charge in [-0.15, -0.1) is 12.3 Å². The fraction of sp³-hybridized carbons (Fsp3) is 0.345. The Hall–Kier alpha value is -3.72. The molecule has 8 heteroatoms. The molecule has 2 aromatic carbocycles. The van der Waals surface area contributed by atoms with E-state index in [9.17, 15) is 0 Å². The molecule has 0 saturated carbocycles. The second-order valence-electron chi connectivity index (χ2n) is 8.71. The molecule has 0 N–H and O–H groups in total. The Morgan fingerprint density at radius 3 is 2.62 bits per heavy atom. The van der Waals surface area contributed by atoms with E-state index in [0.29, 0.717) is 24.0 Å². The first kappa shape index (κ1) is 26.3. The summed E-state index contributed by atoms with van der Waals surface area (Å²) in [5, 5.41) is 9.09. The summed E-state index contributed by atoms with van der Waals surface area (Å²) in [4.78, 5) is 16.0. The molecule has 190 valence electrons. The standard InChI is InChI=1S/C29H31N5O2S/c1-3-4-5-6-14-33-15-17-34(18-16-33)29-31-21-27(37-26-12-10-23(20-30)11-13-26)28(32-29)36-22-24-8-7-9-25(19-24)35-2/h1,7-13,19,21H,4-6,14-18,22H2,2H3. The zero-order chi connectivity index (χ0) is 25.9. The van der Waals surface area contributed by atoms with Crippen LogP contribution in [-0.4, -0.2) is 54.7 Å². The number of piperazine rings is 1. The minimum absolute atomic E-state index is 0.361. The lowest BCUT2D eigenvalue weighted by Crippen LogP contribution is -2.47. The second kappa shape index (κ2) is 13.5. The smallest absolute Gasteiger partial charge is 0.232 e. The Kier molecular flexibility index (Phi) is 9.65. The van der Waals surface area contributed by atoms with Gasteiger partial charge in [0.2, 0.25) is 11.8 Å². The molecule has 37 heavy (non-hydrogen) atoms. The quantitative estimate of drug-likeness (QED) is 0.262. The maximum atomic E-state index is 9.09. The van der Waals surface area contributed by atoms with E-state index < -0.39 is 0 Å². The highest BCUT2D eigenvalue weighted by Gasteiger charge is 2.21. The molecule has 1 saturated heterocycles. The Morgan fingerprint density at radius 2 is 1.89 bits per heavy atom.